The Morgan fingerprint density at radius 2 is 2.47 bits per heavy atom. The van der Waals surface area contributed by atoms with Crippen LogP contribution in [0.1, 0.15) is 23.4 Å². The fourth-order valence-corrected chi connectivity index (χ4v) is 1.57. The van der Waals surface area contributed by atoms with Gasteiger partial charge in [-0.3, -0.25) is 4.79 Å². The zero-order valence-electron chi connectivity index (χ0n) is 8.36. The molecule has 1 amide bonds. The lowest BCUT2D eigenvalue weighted by Gasteiger charge is -2.09. The van der Waals surface area contributed by atoms with Crippen molar-refractivity contribution >= 4 is 11.8 Å². The Morgan fingerprint density at radius 3 is 3.07 bits per heavy atom. The second-order valence-electron chi connectivity index (χ2n) is 3.55. The first-order valence-electron chi connectivity index (χ1n) is 5.01. The molecule has 15 heavy (non-hydrogen) atoms. The Kier molecular flexibility index (Phi) is 2.91. The number of nitrogens with two attached hydrogens (primary N) is 1. The molecule has 1 aliphatic heterocycles. The van der Waals surface area contributed by atoms with Crippen LogP contribution in [-0.4, -0.2) is 25.2 Å². The smallest absolute Gasteiger partial charge is 0.287 e. The van der Waals surface area contributed by atoms with E-state index in [4.69, 9.17) is 14.9 Å². The molecule has 0 aliphatic carbocycles. The van der Waals surface area contributed by atoms with Crippen LogP contribution < -0.4 is 11.1 Å². The maximum absolute atomic E-state index is 11.5. The van der Waals surface area contributed by atoms with Crippen LogP contribution in [0.15, 0.2) is 16.5 Å². The summed E-state index contributed by atoms with van der Waals surface area (Å²) in [5.41, 5.74) is 5.36. The number of rotatable bonds is 3. The standard InChI is InChI=1S/C10H14N2O3/c11-9-4-3-8(15-9)10(13)12-6-7-2-1-5-14-7/h3-4,7H,1-2,5-6,11H2,(H,12,13). The summed E-state index contributed by atoms with van der Waals surface area (Å²) in [6.45, 7) is 1.31. The van der Waals surface area contributed by atoms with E-state index in [1.165, 1.54) is 0 Å². The fraction of sp³-hybridized carbons (Fsp3) is 0.500. The molecule has 0 aromatic carbocycles. The third kappa shape index (κ3) is 2.50. The lowest BCUT2D eigenvalue weighted by Crippen LogP contribution is -2.31. The van der Waals surface area contributed by atoms with Gasteiger partial charge in [0.05, 0.1) is 6.10 Å². The van der Waals surface area contributed by atoms with Crippen molar-refractivity contribution in [2.75, 3.05) is 18.9 Å². The Morgan fingerprint density at radius 1 is 1.60 bits per heavy atom. The van der Waals surface area contributed by atoms with Crippen molar-refractivity contribution in [1.82, 2.24) is 5.32 Å². The van der Waals surface area contributed by atoms with Gasteiger partial charge in [-0.15, -0.1) is 0 Å². The van der Waals surface area contributed by atoms with Crippen LogP contribution in [0.25, 0.3) is 0 Å². The maximum Gasteiger partial charge on any atom is 0.287 e. The van der Waals surface area contributed by atoms with Crippen molar-refractivity contribution in [2.24, 2.45) is 0 Å². The highest BCUT2D eigenvalue weighted by Gasteiger charge is 2.17. The van der Waals surface area contributed by atoms with Crippen molar-refractivity contribution in [3.8, 4) is 0 Å². The van der Waals surface area contributed by atoms with Crippen LogP contribution in [-0.2, 0) is 4.74 Å². The molecule has 2 heterocycles. The van der Waals surface area contributed by atoms with E-state index in [0.717, 1.165) is 19.4 Å². The van der Waals surface area contributed by atoms with Crippen molar-refractivity contribution in [2.45, 2.75) is 18.9 Å². The second-order valence-corrected chi connectivity index (χ2v) is 3.55. The van der Waals surface area contributed by atoms with Crippen molar-refractivity contribution in [3.63, 3.8) is 0 Å². The summed E-state index contributed by atoms with van der Waals surface area (Å²) in [7, 11) is 0. The Bertz CT molecular complexity index is 342. The number of anilines is 1. The van der Waals surface area contributed by atoms with E-state index in [-0.39, 0.29) is 23.7 Å². The van der Waals surface area contributed by atoms with E-state index < -0.39 is 0 Å². The molecule has 1 fully saturated rings. The molecule has 0 spiro atoms. The molecule has 5 heteroatoms. The van der Waals surface area contributed by atoms with Crippen molar-refractivity contribution in [3.05, 3.63) is 17.9 Å². The normalized spacial score (nSPS) is 20.4. The third-order valence-corrected chi connectivity index (χ3v) is 2.36. The summed E-state index contributed by atoms with van der Waals surface area (Å²) in [6.07, 6.45) is 2.20. The summed E-state index contributed by atoms with van der Waals surface area (Å²) >= 11 is 0. The van der Waals surface area contributed by atoms with Gasteiger partial charge in [0.2, 0.25) is 0 Å². The highest BCUT2D eigenvalue weighted by atomic mass is 16.5. The van der Waals surface area contributed by atoms with Gasteiger partial charge >= 0.3 is 0 Å². The summed E-state index contributed by atoms with van der Waals surface area (Å²) in [6, 6.07) is 3.11. The fourth-order valence-electron chi connectivity index (χ4n) is 1.57. The zero-order valence-corrected chi connectivity index (χ0v) is 8.36. The molecule has 1 aliphatic rings. The maximum atomic E-state index is 11.5. The average Bonchev–Trinajstić information content (AvgIpc) is 2.84. The summed E-state index contributed by atoms with van der Waals surface area (Å²) in [5, 5.41) is 2.74. The molecular formula is C10H14N2O3. The van der Waals surface area contributed by atoms with E-state index in [1.807, 2.05) is 0 Å². The number of amides is 1. The quantitative estimate of drug-likeness (QED) is 0.772. The molecule has 1 aromatic rings. The van der Waals surface area contributed by atoms with Crippen molar-refractivity contribution in [1.29, 1.82) is 0 Å². The van der Waals surface area contributed by atoms with Gasteiger partial charge in [-0.25, -0.2) is 0 Å². The number of ether oxygens (including phenoxy) is 1. The Hall–Kier alpha value is -1.49. The van der Waals surface area contributed by atoms with Gasteiger partial charge in [0, 0.05) is 19.2 Å². The molecule has 0 radical (unpaired) electrons. The SMILES string of the molecule is Nc1ccc(C(=O)NCC2CCCO2)o1. The van der Waals surface area contributed by atoms with Gasteiger partial charge in [-0.05, 0) is 18.9 Å². The van der Waals surface area contributed by atoms with Crippen LogP contribution >= 0.6 is 0 Å². The van der Waals surface area contributed by atoms with E-state index in [0.29, 0.717) is 6.54 Å². The number of furan rings is 1. The molecule has 0 bridgehead atoms. The highest BCUT2D eigenvalue weighted by molar-refractivity contribution is 5.91. The molecule has 0 saturated carbocycles. The molecule has 5 nitrogen and oxygen atoms in total. The molecular weight excluding hydrogens is 196 g/mol. The highest BCUT2D eigenvalue weighted by Crippen LogP contribution is 2.12. The van der Waals surface area contributed by atoms with Crippen LogP contribution in [0.3, 0.4) is 0 Å². The monoisotopic (exact) mass is 210 g/mol. The molecule has 1 unspecified atom stereocenters. The van der Waals surface area contributed by atoms with Gasteiger partial charge in [-0.1, -0.05) is 0 Å². The zero-order chi connectivity index (χ0) is 10.7. The topological polar surface area (TPSA) is 77.5 Å². The van der Waals surface area contributed by atoms with E-state index in [2.05, 4.69) is 5.32 Å². The van der Waals surface area contributed by atoms with Gasteiger partial charge < -0.3 is 20.2 Å². The van der Waals surface area contributed by atoms with Crippen molar-refractivity contribution < 1.29 is 13.9 Å². The number of hydrogen-bond donors (Lipinski definition) is 2. The minimum absolute atomic E-state index is 0.140. The molecule has 3 N–H and O–H groups in total. The van der Waals surface area contributed by atoms with Crippen LogP contribution in [0.2, 0.25) is 0 Å². The number of carbonyl (C=O) groups excluding carboxylic acids is 1. The van der Waals surface area contributed by atoms with Gasteiger partial charge in [0.25, 0.3) is 5.91 Å². The van der Waals surface area contributed by atoms with Crippen LogP contribution in [0.5, 0.6) is 0 Å². The molecule has 1 atom stereocenters. The average molecular weight is 210 g/mol. The van der Waals surface area contributed by atoms with Gasteiger partial charge in [0.15, 0.2) is 11.6 Å². The van der Waals surface area contributed by atoms with E-state index in [9.17, 15) is 4.79 Å². The minimum atomic E-state index is -0.248. The van der Waals surface area contributed by atoms with Crippen LogP contribution in [0.4, 0.5) is 5.88 Å². The third-order valence-electron chi connectivity index (χ3n) is 2.36. The number of hydrogen-bond acceptors (Lipinski definition) is 4. The Labute approximate surface area is 87.6 Å². The summed E-state index contributed by atoms with van der Waals surface area (Å²) < 4.78 is 10.4. The van der Waals surface area contributed by atoms with E-state index in [1.54, 1.807) is 12.1 Å². The van der Waals surface area contributed by atoms with Gasteiger partial charge in [-0.2, -0.15) is 0 Å². The predicted octanol–water partition coefficient (Wildman–Crippen LogP) is 0.771. The first-order chi connectivity index (χ1) is 7.25. The lowest BCUT2D eigenvalue weighted by atomic mass is 10.2. The van der Waals surface area contributed by atoms with Gasteiger partial charge in [0.1, 0.15) is 0 Å². The predicted molar refractivity (Wildman–Crippen MR) is 54.4 cm³/mol. The number of nitrogen functional groups attached to an aromatic ring is 1. The lowest BCUT2D eigenvalue weighted by molar-refractivity contribution is 0.0836. The Balaban J connectivity index is 1.81. The molecule has 1 aromatic heterocycles. The number of nitrogens with one attached hydrogen (secondary N) is 1. The van der Waals surface area contributed by atoms with E-state index >= 15 is 0 Å². The van der Waals surface area contributed by atoms with Crippen LogP contribution in [0, 0.1) is 0 Å². The number of carbonyl (C=O) groups is 1. The molecule has 1 saturated heterocycles. The molecule has 82 valence electrons. The second kappa shape index (κ2) is 4.35. The molecule has 2 rings (SSSR count). The first-order valence-corrected chi connectivity index (χ1v) is 5.01. The summed E-state index contributed by atoms with van der Waals surface area (Å²) in [5.74, 6) is 0.241. The largest absolute Gasteiger partial charge is 0.436 e. The first kappa shape index (κ1) is 10.0. The summed E-state index contributed by atoms with van der Waals surface area (Å²) in [4.78, 5) is 11.5. The minimum Gasteiger partial charge on any atom is -0.436 e.